The number of nitrogens with one attached hydrogen (secondary N) is 1. The number of alkyl halides is 3. The van der Waals surface area contributed by atoms with Gasteiger partial charge in [0.2, 0.25) is 5.91 Å². The molecule has 1 heterocycles. The molecule has 1 amide bonds. The molecule has 2 aromatic carbocycles. The van der Waals surface area contributed by atoms with Gasteiger partial charge in [-0.15, -0.1) is 0 Å². The van der Waals surface area contributed by atoms with Crippen LogP contribution in [-0.4, -0.2) is 25.9 Å². The number of ketones is 1. The van der Waals surface area contributed by atoms with Gasteiger partial charge in [0.1, 0.15) is 11.5 Å². The molecule has 1 aliphatic heterocycles. The second-order valence-corrected chi connectivity index (χ2v) is 7.92. The lowest BCUT2D eigenvalue weighted by atomic mass is 9.72. The van der Waals surface area contributed by atoms with E-state index in [2.05, 4.69) is 5.32 Å². The molecule has 0 fully saturated rings. The van der Waals surface area contributed by atoms with E-state index in [0.29, 0.717) is 23.6 Å². The number of halogens is 3. The highest BCUT2D eigenvalue weighted by atomic mass is 19.4. The third kappa shape index (κ3) is 3.97. The minimum Gasteiger partial charge on any atom is -0.497 e. The first-order chi connectivity index (χ1) is 15.2. The second kappa shape index (κ2) is 8.33. The van der Waals surface area contributed by atoms with Gasteiger partial charge in [-0.2, -0.15) is 13.2 Å². The van der Waals surface area contributed by atoms with E-state index in [0.717, 1.165) is 11.6 Å². The third-order valence-corrected chi connectivity index (χ3v) is 6.05. The first-order valence-corrected chi connectivity index (χ1v) is 10.2. The molecule has 0 aromatic heterocycles. The number of benzene rings is 2. The average Bonchev–Trinajstić information content (AvgIpc) is 2.77. The van der Waals surface area contributed by atoms with Crippen LogP contribution in [0.4, 0.5) is 13.2 Å². The molecule has 2 atom stereocenters. The lowest BCUT2D eigenvalue weighted by molar-refractivity contribution is -0.138. The molecule has 0 spiro atoms. The zero-order valence-electron chi connectivity index (χ0n) is 17.6. The van der Waals surface area contributed by atoms with Crippen LogP contribution in [0.5, 0.6) is 11.5 Å². The summed E-state index contributed by atoms with van der Waals surface area (Å²) in [6, 6.07) is 10.4. The van der Waals surface area contributed by atoms with Crippen molar-refractivity contribution in [2.75, 3.05) is 14.2 Å². The van der Waals surface area contributed by atoms with Crippen molar-refractivity contribution >= 4 is 11.7 Å². The van der Waals surface area contributed by atoms with E-state index >= 15 is 0 Å². The number of methoxy groups -OCH3 is 2. The molecule has 0 unspecified atom stereocenters. The quantitative estimate of drug-likeness (QED) is 0.739. The van der Waals surface area contributed by atoms with Gasteiger partial charge in [-0.25, -0.2) is 0 Å². The maximum absolute atomic E-state index is 13.6. The Morgan fingerprint density at radius 3 is 2.38 bits per heavy atom. The zero-order chi connectivity index (χ0) is 23.0. The summed E-state index contributed by atoms with van der Waals surface area (Å²) in [5.41, 5.74) is 0.525. The normalized spacial score (nSPS) is 21.2. The van der Waals surface area contributed by atoms with Crippen molar-refractivity contribution in [3.8, 4) is 11.5 Å². The Balaban J connectivity index is 1.78. The van der Waals surface area contributed by atoms with E-state index in [1.165, 1.54) is 32.4 Å². The van der Waals surface area contributed by atoms with Crippen molar-refractivity contribution in [3.63, 3.8) is 0 Å². The molecular formula is C24H22F3NO4. The van der Waals surface area contributed by atoms with Crippen LogP contribution in [0, 0.1) is 0 Å². The Labute approximate surface area is 183 Å². The zero-order valence-corrected chi connectivity index (χ0v) is 17.6. The van der Waals surface area contributed by atoms with E-state index in [-0.39, 0.29) is 35.7 Å². The SMILES string of the molecule is COc1ccc(OC)c([C@@H]2CC(=O)C3=C(C2)NC(=O)C[C@@H]3c2ccccc2C(F)(F)F)c1. The van der Waals surface area contributed by atoms with E-state index in [4.69, 9.17) is 9.47 Å². The highest BCUT2D eigenvalue weighted by Gasteiger charge is 2.42. The molecule has 2 aromatic rings. The first kappa shape index (κ1) is 21.9. The van der Waals surface area contributed by atoms with Crippen LogP contribution >= 0.6 is 0 Å². The summed E-state index contributed by atoms with van der Waals surface area (Å²) in [7, 11) is 3.05. The number of hydrogen-bond donors (Lipinski definition) is 1. The van der Waals surface area contributed by atoms with E-state index < -0.39 is 23.6 Å². The number of allylic oxidation sites excluding steroid dienone is 2. The second-order valence-electron chi connectivity index (χ2n) is 7.92. The molecule has 168 valence electrons. The van der Waals surface area contributed by atoms with Crippen molar-refractivity contribution in [3.05, 3.63) is 70.4 Å². The molecule has 0 bridgehead atoms. The van der Waals surface area contributed by atoms with Crippen molar-refractivity contribution in [1.82, 2.24) is 5.32 Å². The standard InChI is InChI=1S/C24H22F3NO4/c1-31-14-7-8-21(32-2)16(11-14)13-9-19-23(20(29)10-13)17(12-22(30)28-19)15-5-3-4-6-18(15)24(25,26)27/h3-8,11,13,17H,9-10,12H2,1-2H3,(H,28,30)/t13-,17+/m0/s1. The number of hydrogen-bond acceptors (Lipinski definition) is 4. The largest absolute Gasteiger partial charge is 0.497 e. The van der Waals surface area contributed by atoms with Crippen LogP contribution in [-0.2, 0) is 15.8 Å². The summed E-state index contributed by atoms with van der Waals surface area (Å²) in [5, 5.41) is 2.74. The molecular weight excluding hydrogens is 423 g/mol. The van der Waals surface area contributed by atoms with Crippen molar-refractivity contribution < 1.29 is 32.2 Å². The molecule has 32 heavy (non-hydrogen) atoms. The predicted octanol–water partition coefficient (Wildman–Crippen LogP) is 4.73. The first-order valence-electron chi connectivity index (χ1n) is 10.2. The number of ether oxygens (including phenoxy) is 2. The van der Waals surface area contributed by atoms with Gasteiger partial charge in [0.05, 0.1) is 19.8 Å². The fourth-order valence-corrected chi connectivity index (χ4v) is 4.66. The monoisotopic (exact) mass is 445 g/mol. The molecule has 8 heteroatoms. The highest BCUT2D eigenvalue weighted by molar-refractivity contribution is 6.02. The molecule has 0 saturated heterocycles. The Bertz CT molecular complexity index is 1110. The molecule has 1 aliphatic carbocycles. The van der Waals surface area contributed by atoms with Crippen LogP contribution in [0.25, 0.3) is 0 Å². The van der Waals surface area contributed by atoms with Crippen LogP contribution in [0.2, 0.25) is 0 Å². The van der Waals surface area contributed by atoms with E-state index in [1.807, 2.05) is 0 Å². The average molecular weight is 445 g/mol. The van der Waals surface area contributed by atoms with E-state index in [9.17, 15) is 22.8 Å². The molecule has 0 saturated carbocycles. The number of carbonyl (C=O) groups excluding carboxylic acids is 2. The highest BCUT2D eigenvalue weighted by Crippen LogP contribution is 2.47. The molecule has 5 nitrogen and oxygen atoms in total. The molecule has 0 radical (unpaired) electrons. The summed E-state index contributed by atoms with van der Waals surface area (Å²) < 4.78 is 51.6. The molecule has 2 aliphatic rings. The van der Waals surface area contributed by atoms with Crippen LogP contribution < -0.4 is 14.8 Å². The summed E-state index contributed by atoms with van der Waals surface area (Å²) in [4.78, 5) is 25.7. The Morgan fingerprint density at radius 1 is 0.938 bits per heavy atom. The van der Waals surface area contributed by atoms with Gasteiger partial charge in [0.25, 0.3) is 0 Å². The number of rotatable bonds is 4. The van der Waals surface area contributed by atoms with Crippen molar-refractivity contribution in [1.29, 1.82) is 0 Å². The van der Waals surface area contributed by atoms with Crippen molar-refractivity contribution in [2.24, 2.45) is 0 Å². The fraction of sp³-hybridized carbons (Fsp3) is 0.333. The maximum Gasteiger partial charge on any atom is 0.416 e. The minimum absolute atomic E-state index is 0.0480. The van der Waals surface area contributed by atoms with Gasteiger partial charge in [-0.3, -0.25) is 9.59 Å². The van der Waals surface area contributed by atoms with Gasteiger partial charge in [0.15, 0.2) is 5.78 Å². The van der Waals surface area contributed by atoms with E-state index in [1.54, 1.807) is 18.2 Å². The number of Topliss-reactive ketones (excluding diaryl/α,β-unsaturated/α-hetero) is 1. The summed E-state index contributed by atoms with van der Waals surface area (Å²) in [6.45, 7) is 0. The van der Waals surface area contributed by atoms with Crippen LogP contribution in [0.3, 0.4) is 0 Å². The lowest BCUT2D eigenvalue weighted by Crippen LogP contribution is -2.38. The lowest BCUT2D eigenvalue weighted by Gasteiger charge is -2.35. The van der Waals surface area contributed by atoms with Crippen LogP contribution in [0.15, 0.2) is 53.7 Å². The van der Waals surface area contributed by atoms with Gasteiger partial charge in [-0.1, -0.05) is 18.2 Å². The predicted molar refractivity (Wildman–Crippen MR) is 110 cm³/mol. The maximum atomic E-state index is 13.6. The fourth-order valence-electron chi connectivity index (χ4n) is 4.66. The van der Waals surface area contributed by atoms with Gasteiger partial charge in [0, 0.05) is 41.5 Å². The Kier molecular flexibility index (Phi) is 5.71. The van der Waals surface area contributed by atoms with Gasteiger partial charge >= 0.3 is 6.18 Å². The number of amides is 1. The van der Waals surface area contributed by atoms with Crippen LogP contribution in [0.1, 0.15) is 47.8 Å². The topological polar surface area (TPSA) is 64.6 Å². The molecule has 4 rings (SSSR count). The summed E-state index contributed by atoms with van der Waals surface area (Å²) >= 11 is 0. The van der Waals surface area contributed by atoms with Gasteiger partial charge < -0.3 is 14.8 Å². The summed E-state index contributed by atoms with van der Waals surface area (Å²) in [5.74, 6) is -0.744. The Morgan fingerprint density at radius 2 is 1.69 bits per heavy atom. The minimum atomic E-state index is -4.58. The summed E-state index contributed by atoms with van der Waals surface area (Å²) in [6.07, 6.45) is -4.38. The number of carbonyl (C=O) groups is 2. The third-order valence-electron chi connectivity index (χ3n) is 6.05. The molecule has 1 N–H and O–H groups in total. The van der Waals surface area contributed by atoms with Crippen molar-refractivity contribution in [2.45, 2.75) is 37.3 Å². The Hall–Kier alpha value is -3.29. The van der Waals surface area contributed by atoms with Gasteiger partial charge in [-0.05, 0) is 36.2 Å². The smallest absolute Gasteiger partial charge is 0.416 e.